The van der Waals surface area contributed by atoms with E-state index in [9.17, 15) is 13.6 Å². The van der Waals surface area contributed by atoms with E-state index in [-0.39, 0.29) is 10.9 Å². The van der Waals surface area contributed by atoms with Crippen molar-refractivity contribution in [2.75, 3.05) is 18.4 Å². The van der Waals surface area contributed by atoms with Gasteiger partial charge in [0.2, 0.25) is 5.13 Å². The Morgan fingerprint density at radius 3 is 2.57 bits per heavy atom. The van der Waals surface area contributed by atoms with Crippen LogP contribution >= 0.6 is 11.3 Å². The molecule has 1 aromatic carbocycles. The number of nitrogens with zero attached hydrogens (tertiary/aromatic N) is 2. The van der Waals surface area contributed by atoms with Gasteiger partial charge >= 0.3 is 0 Å². The minimum Gasteiger partial charge on any atom is -0.358 e. The summed E-state index contributed by atoms with van der Waals surface area (Å²) in [5, 5.41) is 12.5. The molecule has 0 atom stereocenters. The van der Waals surface area contributed by atoms with Crippen LogP contribution in [0.25, 0.3) is 0 Å². The number of aryl methyl sites for hydroxylation is 1. The zero-order valence-corrected chi connectivity index (χ0v) is 12.1. The maximum absolute atomic E-state index is 12.3. The van der Waals surface area contributed by atoms with Crippen LogP contribution in [0, 0.1) is 6.92 Å². The number of benzene rings is 1. The van der Waals surface area contributed by atoms with E-state index in [1.165, 1.54) is 0 Å². The number of halogens is 2. The Hall–Kier alpha value is -2.09. The van der Waals surface area contributed by atoms with Crippen LogP contribution in [0.5, 0.6) is 0 Å². The first kappa shape index (κ1) is 15.3. The Kier molecular flexibility index (Phi) is 5.15. The third-order valence-electron chi connectivity index (χ3n) is 2.63. The number of carbonyl (C=O) groups excluding carboxylic acids is 1. The normalized spacial score (nSPS) is 10.7. The number of rotatable bonds is 6. The molecule has 2 N–H and O–H groups in total. The van der Waals surface area contributed by atoms with Crippen molar-refractivity contribution in [1.29, 1.82) is 0 Å². The lowest BCUT2D eigenvalue weighted by atomic mass is 10.1. The Morgan fingerprint density at radius 1 is 1.24 bits per heavy atom. The van der Waals surface area contributed by atoms with Gasteiger partial charge in [-0.15, -0.1) is 10.2 Å². The molecular weight excluding hydrogens is 298 g/mol. The van der Waals surface area contributed by atoms with Crippen LogP contribution in [0.1, 0.15) is 27.4 Å². The molecule has 5 nitrogen and oxygen atoms in total. The number of aromatic nitrogens is 2. The minimum atomic E-state index is -2.61. The summed E-state index contributed by atoms with van der Waals surface area (Å²) >= 11 is 0.802. The highest BCUT2D eigenvalue weighted by Gasteiger charge is 2.13. The number of hydrogen-bond acceptors (Lipinski definition) is 5. The molecule has 1 amide bonds. The molecule has 0 fully saturated rings. The van der Waals surface area contributed by atoms with Crippen LogP contribution in [0.2, 0.25) is 0 Å². The second-order valence-corrected chi connectivity index (χ2v) is 5.30. The van der Waals surface area contributed by atoms with Gasteiger partial charge < -0.3 is 10.6 Å². The van der Waals surface area contributed by atoms with Crippen molar-refractivity contribution in [3.05, 3.63) is 40.4 Å². The zero-order valence-electron chi connectivity index (χ0n) is 11.3. The van der Waals surface area contributed by atoms with E-state index in [0.717, 1.165) is 16.9 Å². The van der Waals surface area contributed by atoms with E-state index >= 15 is 0 Å². The number of nitrogens with one attached hydrogen (secondary N) is 2. The summed E-state index contributed by atoms with van der Waals surface area (Å²) in [4.78, 5) is 11.8. The third-order valence-corrected chi connectivity index (χ3v) is 3.52. The fraction of sp³-hybridized carbons (Fsp3) is 0.308. The molecule has 2 aromatic rings. The van der Waals surface area contributed by atoms with E-state index in [1.807, 2.05) is 19.1 Å². The molecule has 0 aliphatic heterocycles. The van der Waals surface area contributed by atoms with Crippen molar-refractivity contribution < 1.29 is 13.6 Å². The summed E-state index contributed by atoms with van der Waals surface area (Å²) in [6, 6.07) is 7.22. The fourth-order valence-electron chi connectivity index (χ4n) is 1.55. The summed E-state index contributed by atoms with van der Waals surface area (Å²) in [5.74, 6) is -0.178. The first-order valence-corrected chi connectivity index (χ1v) is 7.08. The van der Waals surface area contributed by atoms with E-state index in [1.54, 1.807) is 12.1 Å². The van der Waals surface area contributed by atoms with Crippen LogP contribution in [0.15, 0.2) is 24.3 Å². The Bertz CT molecular complexity index is 600. The molecule has 21 heavy (non-hydrogen) atoms. The summed E-state index contributed by atoms with van der Waals surface area (Å²) in [7, 11) is 0. The van der Waals surface area contributed by atoms with Gasteiger partial charge in [-0.25, -0.2) is 8.78 Å². The molecule has 0 aliphatic rings. The maximum Gasteiger partial charge on any atom is 0.291 e. The SMILES string of the molecule is Cc1ccc(C(=O)NCCNc2nnc(C(F)F)s2)cc1. The summed E-state index contributed by atoms with van der Waals surface area (Å²) in [6.07, 6.45) is -2.61. The highest BCUT2D eigenvalue weighted by molar-refractivity contribution is 7.15. The lowest BCUT2D eigenvalue weighted by molar-refractivity contribution is 0.0955. The van der Waals surface area contributed by atoms with Gasteiger partial charge in [-0.1, -0.05) is 29.0 Å². The summed E-state index contributed by atoms with van der Waals surface area (Å²) in [6.45, 7) is 2.69. The second kappa shape index (κ2) is 7.07. The van der Waals surface area contributed by atoms with Gasteiger partial charge in [0.05, 0.1) is 0 Å². The molecule has 1 heterocycles. The standard InChI is InChI=1S/C13H14F2N4OS/c1-8-2-4-9(5-3-8)11(20)16-6-7-17-13-19-18-12(21-13)10(14)15/h2-5,10H,6-7H2,1H3,(H,16,20)(H,17,19). The Balaban J connectivity index is 1.74. The van der Waals surface area contributed by atoms with Gasteiger partial charge in [0.1, 0.15) is 0 Å². The topological polar surface area (TPSA) is 66.9 Å². The maximum atomic E-state index is 12.3. The smallest absolute Gasteiger partial charge is 0.291 e. The van der Waals surface area contributed by atoms with Crippen LogP contribution in [-0.2, 0) is 0 Å². The molecular formula is C13H14F2N4OS. The van der Waals surface area contributed by atoms with Crippen molar-refractivity contribution in [2.45, 2.75) is 13.3 Å². The quantitative estimate of drug-likeness (QED) is 0.805. The van der Waals surface area contributed by atoms with Gasteiger partial charge in [0.15, 0.2) is 5.01 Å². The lowest BCUT2D eigenvalue weighted by Gasteiger charge is -2.06. The van der Waals surface area contributed by atoms with Crippen LogP contribution < -0.4 is 10.6 Å². The second-order valence-electron chi connectivity index (χ2n) is 4.29. The van der Waals surface area contributed by atoms with E-state index in [4.69, 9.17) is 0 Å². The van der Waals surface area contributed by atoms with Gasteiger partial charge in [0, 0.05) is 18.7 Å². The highest BCUT2D eigenvalue weighted by Crippen LogP contribution is 2.24. The van der Waals surface area contributed by atoms with Crippen LogP contribution in [-0.4, -0.2) is 29.2 Å². The minimum absolute atomic E-state index is 0.178. The number of alkyl halides is 2. The Morgan fingerprint density at radius 2 is 1.95 bits per heavy atom. The van der Waals surface area contributed by atoms with E-state index < -0.39 is 6.43 Å². The highest BCUT2D eigenvalue weighted by atomic mass is 32.1. The van der Waals surface area contributed by atoms with Crippen molar-refractivity contribution in [2.24, 2.45) is 0 Å². The Labute approximate surface area is 124 Å². The lowest BCUT2D eigenvalue weighted by Crippen LogP contribution is -2.28. The predicted octanol–water partition coefficient (Wildman–Crippen LogP) is 2.63. The summed E-state index contributed by atoms with van der Waals surface area (Å²) in [5.41, 5.74) is 1.66. The van der Waals surface area contributed by atoms with Crippen molar-refractivity contribution >= 4 is 22.4 Å². The largest absolute Gasteiger partial charge is 0.358 e. The average Bonchev–Trinajstić information content (AvgIpc) is 2.93. The zero-order chi connectivity index (χ0) is 15.2. The van der Waals surface area contributed by atoms with Crippen LogP contribution in [0.4, 0.5) is 13.9 Å². The van der Waals surface area contributed by atoms with Gasteiger partial charge in [-0.2, -0.15) is 0 Å². The summed E-state index contributed by atoms with van der Waals surface area (Å²) < 4.78 is 24.6. The number of anilines is 1. The van der Waals surface area contributed by atoms with Crippen LogP contribution in [0.3, 0.4) is 0 Å². The van der Waals surface area contributed by atoms with Crippen molar-refractivity contribution in [3.8, 4) is 0 Å². The molecule has 0 saturated carbocycles. The molecule has 0 radical (unpaired) electrons. The number of amides is 1. The predicted molar refractivity (Wildman–Crippen MR) is 76.9 cm³/mol. The molecule has 2 rings (SSSR count). The monoisotopic (exact) mass is 312 g/mol. The van der Waals surface area contributed by atoms with E-state index in [2.05, 4.69) is 20.8 Å². The van der Waals surface area contributed by atoms with E-state index in [0.29, 0.717) is 23.8 Å². The molecule has 8 heteroatoms. The first-order valence-electron chi connectivity index (χ1n) is 6.26. The number of carbonyl (C=O) groups is 1. The molecule has 112 valence electrons. The van der Waals surface area contributed by atoms with Crippen molar-refractivity contribution in [1.82, 2.24) is 15.5 Å². The van der Waals surface area contributed by atoms with Gasteiger partial charge in [-0.3, -0.25) is 4.79 Å². The molecule has 0 saturated heterocycles. The van der Waals surface area contributed by atoms with Gasteiger partial charge in [0.25, 0.3) is 12.3 Å². The average molecular weight is 312 g/mol. The molecule has 0 aliphatic carbocycles. The fourth-order valence-corrected chi connectivity index (χ4v) is 2.17. The molecule has 1 aromatic heterocycles. The first-order chi connectivity index (χ1) is 10.1. The van der Waals surface area contributed by atoms with Crippen molar-refractivity contribution in [3.63, 3.8) is 0 Å². The number of hydrogen-bond donors (Lipinski definition) is 2. The third kappa shape index (κ3) is 4.45. The molecule has 0 spiro atoms. The van der Waals surface area contributed by atoms with Gasteiger partial charge in [-0.05, 0) is 19.1 Å². The molecule has 0 unspecified atom stereocenters. The molecule has 0 bridgehead atoms.